The molecule has 3 nitrogen and oxygen atoms in total. The third-order valence-electron chi connectivity index (χ3n) is 5.09. The molecule has 17 heavy (non-hydrogen) atoms. The van der Waals surface area contributed by atoms with Crippen LogP contribution in [-0.2, 0) is 0 Å². The summed E-state index contributed by atoms with van der Waals surface area (Å²) in [5.74, 6) is 0. The summed E-state index contributed by atoms with van der Waals surface area (Å²) in [4.78, 5) is 5.15. The van der Waals surface area contributed by atoms with Crippen molar-refractivity contribution in [3.63, 3.8) is 0 Å². The van der Waals surface area contributed by atoms with E-state index in [1.807, 2.05) is 0 Å². The van der Waals surface area contributed by atoms with Crippen LogP contribution in [0.1, 0.15) is 40.0 Å². The van der Waals surface area contributed by atoms with Crippen LogP contribution in [0.2, 0.25) is 0 Å². The number of piperazine rings is 1. The van der Waals surface area contributed by atoms with Gasteiger partial charge in [-0.25, -0.2) is 0 Å². The Labute approximate surface area is 106 Å². The summed E-state index contributed by atoms with van der Waals surface area (Å²) in [7, 11) is 2.23. The van der Waals surface area contributed by atoms with E-state index in [1.54, 1.807) is 0 Å². The van der Waals surface area contributed by atoms with E-state index < -0.39 is 0 Å². The van der Waals surface area contributed by atoms with Crippen molar-refractivity contribution in [2.45, 2.75) is 51.6 Å². The maximum Gasteiger partial charge on any atom is 0.0338 e. The van der Waals surface area contributed by atoms with Crippen molar-refractivity contribution < 1.29 is 0 Å². The Morgan fingerprint density at radius 1 is 1.24 bits per heavy atom. The second kappa shape index (κ2) is 4.52. The Kier molecular flexibility index (Phi) is 3.54. The fourth-order valence-electron chi connectivity index (χ4n) is 3.69. The number of nitrogens with zero attached hydrogens (tertiary/aromatic N) is 2. The van der Waals surface area contributed by atoms with Crippen LogP contribution in [0.4, 0.5) is 0 Å². The molecule has 2 aliphatic rings. The van der Waals surface area contributed by atoms with Crippen LogP contribution >= 0.6 is 0 Å². The molecule has 0 spiro atoms. The summed E-state index contributed by atoms with van der Waals surface area (Å²) in [6.45, 7) is 11.5. The van der Waals surface area contributed by atoms with Crippen molar-refractivity contribution in [1.82, 2.24) is 9.80 Å². The van der Waals surface area contributed by atoms with Gasteiger partial charge in [-0.2, -0.15) is 0 Å². The van der Waals surface area contributed by atoms with E-state index in [-0.39, 0.29) is 0 Å². The van der Waals surface area contributed by atoms with E-state index in [0.717, 1.165) is 6.54 Å². The van der Waals surface area contributed by atoms with Gasteiger partial charge in [0.2, 0.25) is 0 Å². The molecule has 2 unspecified atom stereocenters. The molecule has 0 bridgehead atoms. The van der Waals surface area contributed by atoms with Gasteiger partial charge in [0.25, 0.3) is 0 Å². The van der Waals surface area contributed by atoms with Gasteiger partial charge in [0.05, 0.1) is 0 Å². The van der Waals surface area contributed by atoms with E-state index in [4.69, 9.17) is 5.73 Å². The van der Waals surface area contributed by atoms with E-state index in [2.05, 4.69) is 37.6 Å². The summed E-state index contributed by atoms with van der Waals surface area (Å²) < 4.78 is 0. The van der Waals surface area contributed by atoms with Gasteiger partial charge in [-0.05, 0) is 38.6 Å². The lowest BCUT2D eigenvalue weighted by molar-refractivity contribution is 0.0163. The van der Waals surface area contributed by atoms with Gasteiger partial charge in [-0.3, -0.25) is 4.90 Å². The summed E-state index contributed by atoms with van der Waals surface area (Å²) in [6.07, 6.45) is 3.88. The molecule has 0 aromatic heterocycles. The highest BCUT2D eigenvalue weighted by Crippen LogP contribution is 2.46. The number of hydrogen-bond acceptors (Lipinski definition) is 3. The minimum Gasteiger partial charge on any atom is -0.329 e. The molecule has 2 fully saturated rings. The van der Waals surface area contributed by atoms with E-state index in [9.17, 15) is 0 Å². The molecule has 3 heteroatoms. The van der Waals surface area contributed by atoms with Gasteiger partial charge >= 0.3 is 0 Å². The van der Waals surface area contributed by atoms with Crippen molar-refractivity contribution >= 4 is 0 Å². The minimum absolute atomic E-state index is 0.291. The fraction of sp³-hybridized carbons (Fsp3) is 1.00. The highest BCUT2D eigenvalue weighted by molar-refractivity contribution is 5.03. The van der Waals surface area contributed by atoms with Crippen LogP contribution in [0.15, 0.2) is 0 Å². The van der Waals surface area contributed by atoms with E-state index in [1.165, 1.54) is 38.9 Å². The smallest absolute Gasteiger partial charge is 0.0338 e. The van der Waals surface area contributed by atoms with Crippen molar-refractivity contribution in [3.05, 3.63) is 0 Å². The van der Waals surface area contributed by atoms with Gasteiger partial charge in [0.1, 0.15) is 0 Å². The third kappa shape index (κ3) is 2.51. The van der Waals surface area contributed by atoms with Crippen molar-refractivity contribution in [1.29, 1.82) is 0 Å². The Bertz CT molecular complexity index is 277. The zero-order chi connectivity index (χ0) is 12.7. The van der Waals surface area contributed by atoms with Crippen molar-refractivity contribution in [2.75, 3.05) is 33.2 Å². The van der Waals surface area contributed by atoms with Gasteiger partial charge in [0, 0.05) is 37.8 Å². The van der Waals surface area contributed by atoms with E-state index >= 15 is 0 Å². The molecule has 2 N–H and O–H groups in total. The molecule has 1 aliphatic carbocycles. The largest absolute Gasteiger partial charge is 0.329 e. The highest BCUT2D eigenvalue weighted by atomic mass is 15.3. The van der Waals surface area contributed by atoms with Crippen LogP contribution in [0, 0.1) is 5.41 Å². The topological polar surface area (TPSA) is 32.5 Å². The molecule has 1 saturated carbocycles. The number of rotatable bonds is 2. The maximum absolute atomic E-state index is 6.15. The molecule has 100 valence electrons. The molecule has 0 amide bonds. The first kappa shape index (κ1) is 13.3. The SMILES string of the molecule is CC1CN(C2(CN)CCC(C)(C)C2)CCN1C. The second-order valence-electron chi connectivity index (χ2n) is 7.05. The normalized spacial score (nSPS) is 39.7. The van der Waals surface area contributed by atoms with Crippen LogP contribution < -0.4 is 5.73 Å². The average molecular weight is 239 g/mol. The summed E-state index contributed by atoms with van der Waals surface area (Å²) in [6, 6.07) is 0.663. The van der Waals surface area contributed by atoms with Crippen LogP contribution in [0.3, 0.4) is 0 Å². The Hall–Kier alpha value is -0.120. The zero-order valence-corrected chi connectivity index (χ0v) is 12.0. The lowest BCUT2D eigenvalue weighted by Crippen LogP contribution is -2.61. The van der Waals surface area contributed by atoms with Crippen molar-refractivity contribution in [2.24, 2.45) is 11.1 Å². The molecule has 2 rings (SSSR count). The predicted octanol–water partition coefficient (Wildman–Crippen LogP) is 1.53. The molecule has 0 radical (unpaired) electrons. The lowest BCUT2D eigenvalue weighted by atomic mass is 9.86. The first-order valence-corrected chi connectivity index (χ1v) is 7.04. The van der Waals surface area contributed by atoms with Gasteiger partial charge < -0.3 is 10.6 Å². The van der Waals surface area contributed by atoms with E-state index in [0.29, 0.717) is 17.0 Å². The first-order valence-electron chi connectivity index (χ1n) is 7.04. The number of likely N-dealkylation sites (N-methyl/N-ethyl adjacent to an activating group) is 1. The maximum atomic E-state index is 6.15. The zero-order valence-electron chi connectivity index (χ0n) is 12.0. The number of hydrogen-bond donors (Lipinski definition) is 1. The molecule has 0 aromatic rings. The highest BCUT2D eigenvalue weighted by Gasteiger charge is 2.47. The van der Waals surface area contributed by atoms with Gasteiger partial charge in [0.15, 0.2) is 0 Å². The van der Waals surface area contributed by atoms with Crippen LogP contribution in [0.25, 0.3) is 0 Å². The monoisotopic (exact) mass is 239 g/mol. The molecule has 1 heterocycles. The molecule has 1 aliphatic heterocycles. The fourth-order valence-corrected chi connectivity index (χ4v) is 3.69. The average Bonchev–Trinajstić information content (AvgIpc) is 2.60. The molecule has 2 atom stereocenters. The molecule has 0 aromatic carbocycles. The summed E-state index contributed by atoms with van der Waals surface area (Å²) in [5.41, 5.74) is 6.91. The van der Waals surface area contributed by atoms with Crippen LogP contribution in [-0.4, -0.2) is 54.6 Å². The Morgan fingerprint density at radius 2 is 1.94 bits per heavy atom. The molecular formula is C14H29N3. The molecule has 1 saturated heterocycles. The Balaban J connectivity index is 2.09. The standard InChI is InChI=1S/C14H29N3/c1-12-9-17(8-7-16(12)4)14(11-15)6-5-13(2,3)10-14/h12H,5-11,15H2,1-4H3. The van der Waals surface area contributed by atoms with Crippen LogP contribution in [0.5, 0.6) is 0 Å². The molecular weight excluding hydrogens is 210 g/mol. The minimum atomic E-state index is 0.291. The quantitative estimate of drug-likeness (QED) is 0.793. The lowest BCUT2D eigenvalue weighted by Gasteiger charge is -2.48. The van der Waals surface area contributed by atoms with Gasteiger partial charge in [-0.1, -0.05) is 13.8 Å². The second-order valence-corrected chi connectivity index (χ2v) is 7.05. The first-order chi connectivity index (χ1) is 7.88. The van der Waals surface area contributed by atoms with Gasteiger partial charge in [-0.15, -0.1) is 0 Å². The summed E-state index contributed by atoms with van der Waals surface area (Å²) in [5, 5.41) is 0. The predicted molar refractivity (Wildman–Crippen MR) is 73.1 cm³/mol. The van der Waals surface area contributed by atoms with Crippen molar-refractivity contribution in [3.8, 4) is 0 Å². The summed E-state index contributed by atoms with van der Waals surface area (Å²) >= 11 is 0. The Morgan fingerprint density at radius 3 is 2.41 bits per heavy atom. The third-order valence-corrected chi connectivity index (χ3v) is 5.09. The number of nitrogens with two attached hydrogens (primary N) is 1.